The number of aliphatic hydroxyl groups excluding tert-OH is 2. The molecule has 17 heteroatoms. The highest BCUT2D eigenvalue weighted by atomic mass is 35.5. The molecule has 0 bridgehead atoms. The lowest BCUT2D eigenvalue weighted by molar-refractivity contribution is -0.163. The molecule has 14 nitrogen and oxygen atoms in total. The largest absolute Gasteiger partial charge is 0.394 e. The average Bonchev–Trinajstić information content (AvgIpc) is 3.55. The number of nitrogens with one attached hydrogen (secondary N) is 1. The zero-order valence-electron chi connectivity index (χ0n) is 24.7. The van der Waals surface area contributed by atoms with E-state index in [4.69, 9.17) is 71.0 Å². The summed E-state index contributed by atoms with van der Waals surface area (Å²) < 4.78 is 22.6. The lowest BCUT2D eigenvalue weighted by atomic mass is 10.2. The predicted molar refractivity (Wildman–Crippen MR) is 162 cm³/mol. The van der Waals surface area contributed by atoms with Gasteiger partial charge < -0.3 is 51.7 Å². The van der Waals surface area contributed by atoms with Crippen molar-refractivity contribution in [2.45, 2.75) is 115 Å². The molecule has 240 valence electrons. The number of aromatic nitrogens is 4. The molecule has 0 amide bonds. The maximum atomic E-state index is 10.1. The Morgan fingerprint density at radius 3 is 1.65 bits per heavy atom. The molecule has 2 aromatic heterocycles. The van der Waals surface area contributed by atoms with E-state index >= 15 is 0 Å². The van der Waals surface area contributed by atoms with Crippen LogP contribution in [0, 0.1) is 13.8 Å². The number of hydrogen-bond donors (Lipinski definition) is 6. The van der Waals surface area contributed by atoms with Crippen LogP contribution >= 0.6 is 34.8 Å². The van der Waals surface area contributed by atoms with Crippen LogP contribution in [0.1, 0.15) is 52.2 Å². The van der Waals surface area contributed by atoms with Gasteiger partial charge in [0, 0.05) is 6.04 Å². The second-order valence-corrected chi connectivity index (χ2v) is 12.8. The van der Waals surface area contributed by atoms with Crippen molar-refractivity contribution < 1.29 is 29.2 Å². The van der Waals surface area contributed by atoms with Crippen LogP contribution in [0.15, 0.2) is 0 Å². The Kier molecular flexibility index (Phi) is 10.2. The number of aryl methyl sites for hydroxylation is 2. The number of hydrogen-bond acceptors (Lipinski definition) is 14. The van der Waals surface area contributed by atoms with E-state index in [1.54, 1.807) is 13.8 Å². The summed E-state index contributed by atoms with van der Waals surface area (Å²) in [7, 11) is 0. The van der Waals surface area contributed by atoms with Crippen LogP contribution < -0.4 is 22.5 Å². The third-order valence-corrected chi connectivity index (χ3v) is 8.08. The molecule has 4 fully saturated rings. The molecular formula is C26H39Cl3N8O6. The minimum absolute atomic E-state index is 0.0909. The topological polar surface area (TPSA) is 219 Å². The van der Waals surface area contributed by atoms with Gasteiger partial charge >= 0.3 is 0 Å². The van der Waals surface area contributed by atoms with E-state index in [0.29, 0.717) is 36.0 Å². The molecular weight excluding hydrogens is 627 g/mol. The molecule has 9 N–H and O–H groups in total. The summed E-state index contributed by atoms with van der Waals surface area (Å²) in [5.74, 6) is 0.203. The van der Waals surface area contributed by atoms with Gasteiger partial charge in [0.05, 0.1) is 18.2 Å². The fourth-order valence-corrected chi connectivity index (χ4v) is 6.12. The van der Waals surface area contributed by atoms with Gasteiger partial charge in [0.1, 0.15) is 47.4 Å². The number of anilines is 3. The number of rotatable bonds is 2. The first-order valence-electron chi connectivity index (χ1n) is 13.7. The van der Waals surface area contributed by atoms with Gasteiger partial charge in [-0.05, 0) is 54.4 Å². The fraction of sp³-hybridized carbons (Fsp3) is 0.692. The van der Waals surface area contributed by atoms with Gasteiger partial charge in [0.15, 0.2) is 32.9 Å². The van der Waals surface area contributed by atoms with Gasteiger partial charge in [0.2, 0.25) is 0 Å². The van der Waals surface area contributed by atoms with Crippen LogP contribution in [-0.4, -0.2) is 90.4 Å². The molecule has 2 aliphatic carbocycles. The highest BCUT2D eigenvalue weighted by Gasteiger charge is 2.54. The van der Waals surface area contributed by atoms with Crippen LogP contribution in [-0.2, 0) is 18.9 Å². The molecule has 43 heavy (non-hydrogen) atoms. The Labute approximate surface area is 264 Å². The third-order valence-electron chi connectivity index (χ3n) is 7.21. The molecule has 2 saturated heterocycles. The molecule has 2 aliphatic heterocycles. The standard InChI is InChI=1S/C13H19ClN4O3.C8H15NO3.C5H5Cl2N3/c1-5-16-11(14)8(15)12(17-5)18-6-4-7(19)10-9(6)20-13(2,3)21-10;1-8(2)11-6-4(9)3-5(10)7(6)12-8;1-2-9-4(6)3(8)5(7)10-2/h6-7,9-10,19H,4,15H2,1-3H3,(H,16,17,18);4-7,10H,3,9H2,1-2H3;8H2,1H3/t6-,7+,9+,10-;4-,5+,6+,7-;/m11./s1. The van der Waals surface area contributed by atoms with Gasteiger partial charge in [-0.25, -0.2) is 19.9 Å². The van der Waals surface area contributed by atoms with Gasteiger partial charge in [0.25, 0.3) is 0 Å². The van der Waals surface area contributed by atoms with Crippen molar-refractivity contribution in [3.05, 3.63) is 27.1 Å². The third kappa shape index (κ3) is 7.87. The number of fused-ring (bicyclic) bond motifs is 2. The van der Waals surface area contributed by atoms with Crippen molar-refractivity contribution in [1.29, 1.82) is 0 Å². The smallest absolute Gasteiger partial charge is 0.163 e. The van der Waals surface area contributed by atoms with E-state index in [1.807, 2.05) is 27.7 Å². The van der Waals surface area contributed by atoms with Crippen molar-refractivity contribution in [1.82, 2.24) is 19.9 Å². The van der Waals surface area contributed by atoms with Crippen molar-refractivity contribution in [2.24, 2.45) is 5.73 Å². The van der Waals surface area contributed by atoms with Gasteiger partial charge in [-0.2, -0.15) is 0 Å². The van der Waals surface area contributed by atoms with Crippen molar-refractivity contribution in [3.8, 4) is 0 Å². The van der Waals surface area contributed by atoms with Crippen LogP contribution in [0.25, 0.3) is 0 Å². The number of aliphatic hydroxyl groups is 2. The van der Waals surface area contributed by atoms with E-state index in [2.05, 4.69) is 25.3 Å². The minimum Gasteiger partial charge on any atom is -0.394 e. The summed E-state index contributed by atoms with van der Waals surface area (Å²) in [6, 6.07) is -0.244. The molecule has 2 saturated carbocycles. The lowest BCUT2D eigenvalue weighted by Gasteiger charge is -2.23. The van der Waals surface area contributed by atoms with E-state index < -0.39 is 23.8 Å². The number of nitrogens with zero attached hydrogens (tertiary/aromatic N) is 4. The second-order valence-electron chi connectivity index (χ2n) is 11.7. The first kappa shape index (κ1) is 34.0. The van der Waals surface area contributed by atoms with Crippen LogP contribution in [0.2, 0.25) is 15.5 Å². The Morgan fingerprint density at radius 2 is 1.12 bits per heavy atom. The summed E-state index contributed by atoms with van der Waals surface area (Å²) in [6.45, 7) is 10.8. The second kappa shape index (κ2) is 12.9. The Bertz CT molecular complexity index is 1280. The molecule has 0 spiro atoms. The lowest BCUT2D eigenvalue weighted by Crippen LogP contribution is -2.35. The molecule has 0 unspecified atom stereocenters. The molecule has 8 atom stereocenters. The zero-order chi connectivity index (χ0) is 32.0. The maximum Gasteiger partial charge on any atom is 0.163 e. The predicted octanol–water partition coefficient (Wildman–Crippen LogP) is 2.36. The monoisotopic (exact) mass is 664 g/mol. The van der Waals surface area contributed by atoms with Crippen molar-refractivity contribution in [3.63, 3.8) is 0 Å². The number of ether oxygens (including phenoxy) is 4. The molecule has 0 radical (unpaired) electrons. The van der Waals surface area contributed by atoms with Crippen LogP contribution in [0.3, 0.4) is 0 Å². The Morgan fingerprint density at radius 1 is 0.698 bits per heavy atom. The van der Waals surface area contributed by atoms with Crippen LogP contribution in [0.4, 0.5) is 17.2 Å². The number of halogens is 3. The molecule has 0 aromatic carbocycles. The zero-order valence-corrected chi connectivity index (χ0v) is 27.0. The quantitative estimate of drug-likeness (QED) is 0.254. The first-order valence-corrected chi connectivity index (χ1v) is 14.8. The minimum atomic E-state index is -0.707. The van der Waals surface area contributed by atoms with Crippen molar-refractivity contribution >= 4 is 52.0 Å². The maximum absolute atomic E-state index is 10.1. The van der Waals surface area contributed by atoms with E-state index in [-0.39, 0.29) is 57.6 Å². The summed E-state index contributed by atoms with van der Waals surface area (Å²) in [5.41, 5.74) is 17.5. The van der Waals surface area contributed by atoms with Gasteiger partial charge in [-0.15, -0.1) is 0 Å². The van der Waals surface area contributed by atoms with E-state index in [1.165, 1.54) is 0 Å². The van der Waals surface area contributed by atoms with Gasteiger partial charge in [-0.1, -0.05) is 34.8 Å². The normalized spacial score (nSPS) is 33.1. The SMILES string of the molecule is CC1(C)O[C@@H]2[C@H](O1)[C@@H](O)C[C@H]2N.Cc1nc(Cl)c(N)c(Cl)n1.Cc1nc(Cl)c(N)c(N[C@@H]2C[C@H](O)[C@H]3OC(C)(C)O[C@H]32)n1. The molecule has 2 aromatic rings. The number of nitrogens with two attached hydrogens (primary N) is 3. The Balaban J connectivity index is 0.000000163. The Hall–Kier alpha value is -1.85. The summed E-state index contributed by atoms with van der Waals surface area (Å²) in [5, 5.41) is 23.5. The molecule has 6 rings (SSSR count). The summed E-state index contributed by atoms with van der Waals surface area (Å²) in [6.07, 6.45) is -0.956. The fourth-order valence-electron chi connectivity index (χ4n) is 5.44. The average molecular weight is 666 g/mol. The number of nitrogen functional groups attached to an aromatic ring is 2. The summed E-state index contributed by atoms with van der Waals surface area (Å²) in [4.78, 5) is 15.8. The highest BCUT2D eigenvalue weighted by Crippen LogP contribution is 2.40. The molecule has 4 aliphatic rings. The van der Waals surface area contributed by atoms with E-state index in [9.17, 15) is 10.2 Å². The van der Waals surface area contributed by atoms with E-state index in [0.717, 1.165) is 0 Å². The van der Waals surface area contributed by atoms with Crippen LogP contribution in [0.5, 0.6) is 0 Å². The highest BCUT2D eigenvalue weighted by molar-refractivity contribution is 6.37. The molecule has 4 heterocycles. The van der Waals surface area contributed by atoms with Crippen molar-refractivity contribution in [2.75, 3.05) is 16.8 Å². The first-order chi connectivity index (χ1) is 19.9. The summed E-state index contributed by atoms with van der Waals surface area (Å²) >= 11 is 17.1. The van der Waals surface area contributed by atoms with Gasteiger partial charge in [-0.3, -0.25) is 0 Å².